The van der Waals surface area contributed by atoms with E-state index in [4.69, 9.17) is 5.11 Å². The summed E-state index contributed by atoms with van der Waals surface area (Å²) in [6, 6.07) is 4.05. The van der Waals surface area contributed by atoms with E-state index in [9.17, 15) is 18.0 Å². The van der Waals surface area contributed by atoms with Gasteiger partial charge in [0.05, 0.1) is 5.56 Å². The standard InChI is InChI=1S/C14H19F3N2O2/c1-19(8-3-2-4-9-20)13(21)18-12-7-5-6-11(10-12)14(15,16)17/h5-7,10,20H,2-4,8-9H2,1H3,(H,18,21). The highest BCUT2D eigenvalue weighted by atomic mass is 19.4. The Labute approximate surface area is 121 Å². The average molecular weight is 304 g/mol. The van der Waals surface area contributed by atoms with Crippen LogP contribution in [0.3, 0.4) is 0 Å². The fourth-order valence-electron chi connectivity index (χ4n) is 1.73. The second-order valence-corrected chi connectivity index (χ2v) is 4.71. The Morgan fingerprint density at radius 3 is 2.62 bits per heavy atom. The summed E-state index contributed by atoms with van der Waals surface area (Å²) in [6.07, 6.45) is -2.25. The molecule has 0 aliphatic heterocycles. The van der Waals surface area contributed by atoms with Gasteiger partial charge < -0.3 is 15.3 Å². The molecule has 4 nitrogen and oxygen atoms in total. The van der Waals surface area contributed by atoms with Crippen molar-refractivity contribution in [2.45, 2.75) is 25.4 Å². The summed E-state index contributed by atoms with van der Waals surface area (Å²) in [5.41, 5.74) is -0.692. The number of hydrogen-bond donors (Lipinski definition) is 2. The summed E-state index contributed by atoms with van der Waals surface area (Å²) in [4.78, 5) is 13.2. The zero-order chi connectivity index (χ0) is 15.9. The predicted molar refractivity (Wildman–Crippen MR) is 74.0 cm³/mol. The van der Waals surface area contributed by atoms with E-state index in [1.807, 2.05) is 0 Å². The van der Waals surface area contributed by atoms with Crippen LogP contribution in [0.4, 0.5) is 23.7 Å². The molecule has 0 aliphatic carbocycles. The lowest BCUT2D eigenvalue weighted by atomic mass is 10.2. The van der Waals surface area contributed by atoms with Gasteiger partial charge in [-0.2, -0.15) is 13.2 Å². The number of urea groups is 1. The number of aliphatic hydroxyl groups excluding tert-OH is 1. The van der Waals surface area contributed by atoms with Gasteiger partial charge in [0.2, 0.25) is 0 Å². The van der Waals surface area contributed by atoms with Crippen LogP contribution in [-0.2, 0) is 6.18 Å². The summed E-state index contributed by atoms with van der Waals surface area (Å²) in [7, 11) is 1.57. The lowest BCUT2D eigenvalue weighted by Gasteiger charge is -2.18. The van der Waals surface area contributed by atoms with Crippen LogP contribution in [0.5, 0.6) is 0 Å². The van der Waals surface area contributed by atoms with E-state index in [0.29, 0.717) is 13.0 Å². The molecule has 0 spiro atoms. The number of hydrogen-bond acceptors (Lipinski definition) is 2. The monoisotopic (exact) mass is 304 g/mol. The highest BCUT2D eigenvalue weighted by molar-refractivity contribution is 5.89. The third-order valence-electron chi connectivity index (χ3n) is 2.94. The van der Waals surface area contributed by atoms with Crippen LogP contribution in [0.15, 0.2) is 24.3 Å². The smallest absolute Gasteiger partial charge is 0.396 e. The van der Waals surface area contributed by atoms with Gasteiger partial charge in [-0.1, -0.05) is 6.07 Å². The third kappa shape index (κ3) is 6.03. The van der Waals surface area contributed by atoms with Crippen molar-refractivity contribution in [2.75, 3.05) is 25.5 Å². The number of benzene rings is 1. The number of alkyl halides is 3. The minimum absolute atomic E-state index is 0.108. The maximum absolute atomic E-state index is 12.6. The van der Waals surface area contributed by atoms with Gasteiger partial charge in [-0.25, -0.2) is 4.79 Å². The number of halogens is 3. The minimum Gasteiger partial charge on any atom is -0.396 e. The van der Waals surface area contributed by atoms with Crippen molar-refractivity contribution >= 4 is 11.7 Å². The van der Waals surface area contributed by atoms with E-state index in [1.165, 1.54) is 17.0 Å². The molecule has 1 aromatic rings. The summed E-state index contributed by atoms with van der Waals surface area (Å²) in [5.74, 6) is 0. The Morgan fingerprint density at radius 1 is 1.29 bits per heavy atom. The first-order chi connectivity index (χ1) is 9.84. The second-order valence-electron chi connectivity index (χ2n) is 4.71. The van der Waals surface area contributed by atoms with Crippen molar-refractivity contribution in [1.29, 1.82) is 0 Å². The molecular formula is C14H19F3N2O2. The van der Waals surface area contributed by atoms with E-state index in [0.717, 1.165) is 25.0 Å². The van der Waals surface area contributed by atoms with Crippen molar-refractivity contribution < 1.29 is 23.1 Å². The van der Waals surface area contributed by atoms with E-state index < -0.39 is 17.8 Å². The Kier molecular flexibility index (Phi) is 6.48. The molecule has 0 aromatic heterocycles. The summed E-state index contributed by atoms with van der Waals surface area (Å²) in [5, 5.41) is 11.1. The minimum atomic E-state index is -4.43. The number of carbonyl (C=O) groups excluding carboxylic acids is 1. The molecule has 0 saturated carbocycles. The number of nitrogens with zero attached hydrogens (tertiary/aromatic N) is 1. The third-order valence-corrected chi connectivity index (χ3v) is 2.94. The van der Waals surface area contributed by atoms with Gasteiger partial charge in [0.1, 0.15) is 0 Å². The van der Waals surface area contributed by atoms with Crippen LogP contribution >= 0.6 is 0 Å². The molecule has 0 heterocycles. The zero-order valence-electron chi connectivity index (χ0n) is 11.8. The van der Waals surface area contributed by atoms with E-state index in [1.54, 1.807) is 7.05 Å². The molecule has 2 N–H and O–H groups in total. The first kappa shape index (κ1) is 17.3. The lowest BCUT2D eigenvalue weighted by molar-refractivity contribution is -0.137. The second kappa shape index (κ2) is 7.87. The SMILES string of the molecule is CN(CCCCCO)C(=O)Nc1cccc(C(F)(F)F)c1. The number of amides is 2. The Morgan fingerprint density at radius 2 is 2.00 bits per heavy atom. The quantitative estimate of drug-likeness (QED) is 0.792. The van der Waals surface area contributed by atoms with Gasteiger partial charge in [-0.3, -0.25) is 0 Å². The van der Waals surface area contributed by atoms with Crippen molar-refractivity contribution in [3.8, 4) is 0 Å². The van der Waals surface area contributed by atoms with Gasteiger partial charge in [-0.15, -0.1) is 0 Å². The molecule has 1 aromatic carbocycles. The molecule has 118 valence electrons. The van der Waals surface area contributed by atoms with Gasteiger partial charge in [0.25, 0.3) is 0 Å². The maximum Gasteiger partial charge on any atom is 0.416 e. The highest BCUT2D eigenvalue weighted by Crippen LogP contribution is 2.30. The topological polar surface area (TPSA) is 52.6 Å². The molecule has 0 saturated heterocycles. The molecule has 2 amide bonds. The van der Waals surface area contributed by atoms with Gasteiger partial charge >= 0.3 is 12.2 Å². The molecule has 0 aliphatic rings. The van der Waals surface area contributed by atoms with Crippen LogP contribution in [0.25, 0.3) is 0 Å². The number of nitrogens with one attached hydrogen (secondary N) is 1. The van der Waals surface area contributed by atoms with Gasteiger partial charge in [0, 0.05) is 25.9 Å². The summed E-state index contributed by atoms with van der Waals surface area (Å²) >= 11 is 0. The molecule has 1 rings (SSSR count). The molecule has 0 bridgehead atoms. The van der Waals surface area contributed by atoms with Crippen LogP contribution in [0.2, 0.25) is 0 Å². The molecule has 21 heavy (non-hydrogen) atoms. The summed E-state index contributed by atoms with van der Waals surface area (Å²) in [6.45, 7) is 0.588. The molecular weight excluding hydrogens is 285 g/mol. The first-order valence-corrected chi connectivity index (χ1v) is 6.65. The molecule has 0 atom stereocenters. The number of unbranched alkanes of at least 4 members (excludes halogenated alkanes) is 2. The fraction of sp³-hybridized carbons (Fsp3) is 0.500. The molecule has 7 heteroatoms. The molecule has 0 unspecified atom stereocenters. The first-order valence-electron chi connectivity index (χ1n) is 6.65. The Hall–Kier alpha value is -1.76. The number of carbonyl (C=O) groups is 1. The van der Waals surface area contributed by atoms with E-state index in [2.05, 4.69) is 5.32 Å². The number of anilines is 1. The van der Waals surface area contributed by atoms with Crippen LogP contribution < -0.4 is 5.32 Å². The summed E-state index contributed by atoms with van der Waals surface area (Å²) < 4.78 is 37.7. The molecule has 0 radical (unpaired) electrons. The van der Waals surface area contributed by atoms with Gasteiger partial charge in [-0.05, 0) is 37.5 Å². The largest absolute Gasteiger partial charge is 0.416 e. The Balaban J connectivity index is 2.54. The van der Waals surface area contributed by atoms with E-state index in [-0.39, 0.29) is 12.3 Å². The van der Waals surface area contributed by atoms with Crippen LogP contribution in [0, 0.1) is 0 Å². The van der Waals surface area contributed by atoms with Crippen LogP contribution in [-0.4, -0.2) is 36.2 Å². The van der Waals surface area contributed by atoms with Crippen molar-refractivity contribution in [2.24, 2.45) is 0 Å². The van der Waals surface area contributed by atoms with E-state index >= 15 is 0 Å². The Bertz CT molecular complexity index is 464. The predicted octanol–water partition coefficient (Wildman–Crippen LogP) is 3.33. The van der Waals surface area contributed by atoms with Crippen LogP contribution in [0.1, 0.15) is 24.8 Å². The van der Waals surface area contributed by atoms with Gasteiger partial charge in [0.15, 0.2) is 0 Å². The van der Waals surface area contributed by atoms with Crippen molar-refractivity contribution in [1.82, 2.24) is 4.90 Å². The zero-order valence-corrected chi connectivity index (χ0v) is 11.8. The maximum atomic E-state index is 12.6. The highest BCUT2D eigenvalue weighted by Gasteiger charge is 2.30. The average Bonchev–Trinajstić information content (AvgIpc) is 2.42. The van der Waals surface area contributed by atoms with Crippen molar-refractivity contribution in [3.63, 3.8) is 0 Å². The number of rotatable bonds is 6. The fourth-order valence-corrected chi connectivity index (χ4v) is 1.73. The lowest BCUT2D eigenvalue weighted by Crippen LogP contribution is -2.32. The normalized spacial score (nSPS) is 11.3. The number of aliphatic hydroxyl groups is 1. The molecule has 0 fully saturated rings. The van der Waals surface area contributed by atoms with Crippen molar-refractivity contribution in [3.05, 3.63) is 29.8 Å².